The van der Waals surface area contributed by atoms with E-state index in [1.54, 1.807) is 19.1 Å². The Morgan fingerprint density at radius 3 is 2.76 bits per heavy atom. The first kappa shape index (κ1) is 15.4. The van der Waals surface area contributed by atoms with Crippen molar-refractivity contribution < 1.29 is 14.3 Å². The Balaban J connectivity index is 2.46. The van der Waals surface area contributed by atoms with Gasteiger partial charge in [0.05, 0.1) is 22.4 Å². The van der Waals surface area contributed by atoms with Crippen LogP contribution in [0.15, 0.2) is 23.2 Å². The van der Waals surface area contributed by atoms with Crippen molar-refractivity contribution in [2.45, 2.75) is 26.7 Å². The van der Waals surface area contributed by atoms with Crippen molar-refractivity contribution in [2.24, 2.45) is 12.0 Å². The Bertz CT molecular complexity index is 743. The van der Waals surface area contributed by atoms with Crippen molar-refractivity contribution in [1.29, 1.82) is 0 Å². The summed E-state index contributed by atoms with van der Waals surface area (Å²) >= 11 is 1.40. The zero-order chi connectivity index (χ0) is 15.4. The second-order valence-corrected chi connectivity index (χ2v) is 5.61. The van der Waals surface area contributed by atoms with E-state index in [4.69, 9.17) is 4.74 Å². The molecule has 0 N–H and O–H groups in total. The number of aryl methyl sites for hydroxylation is 1. The Morgan fingerprint density at radius 2 is 2.10 bits per heavy atom. The van der Waals surface area contributed by atoms with Gasteiger partial charge in [0.1, 0.15) is 0 Å². The molecule has 1 aromatic heterocycles. The first-order valence-corrected chi connectivity index (χ1v) is 7.72. The quantitative estimate of drug-likeness (QED) is 0.816. The van der Waals surface area contributed by atoms with Gasteiger partial charge in [0.25, 0.3) is 0 Å². The van der Waals surface area contributed by atoms with Crippen LogP contribution in [0, 0.1) is 0 Å². The fourth-order valence-electron chi connectivity index (χ4n) is 1.96. The lowest BCUT2D eigenvalue weighted by Gasteiger charge is -2.01. The summed E-state index contributed by atoms with van der Waals surface area (Å²) in [4.78, 5) is 28.2. The number of fused-ring (bicyclic) bond motifs is 1. The lowest BCUT2D eigenvalue weighted by molar-refractivity contribution is -0.118. The number of ether oxygens (including phenoxy) is 1. The lowest BCUT2D eigenvalue weighted by atomic mass is 10.2. The predicted molar refractivity (Wildman–Crippen MR) is 82.2 cm³/mol. The molecule has 0 unspecified atom stereocenters. The summed E-state index contributed by atoms with van der Waals surface area (Å²) < 4.78 is 7.76. The highest BCUT2D eigenvalue weighted by Crippen LogP contribution is 2.19. The number of hydrogen-bond donors (Lipinski definition) is 0. The number of hydrogen-bond acceptors (Lipinski definition) is 4. The maximum absolute atomic E-state index is 11.7. The minimum Gasteiger partial charge on any atom is -0.462 e. The topological polar surface area (TPSA) is 60.7 Å². The summed E-state index contributed by atoms with van der Waals surface area (Å²) in [7, 11) is 1.86. The molecule has 5 nitrogen and oxygen atoms in total. The molecule has 1 amide bonds. The number of rotatable bonds is 4. The van der Waals surface area contributed by atoms with Gasteiger partial charge < -0.3 is 9.30 Å². The largest absolute Gasteiger partial charge is 0.462 e. The molecule has 0 fully saturated rings. The van der Waals surface area contributed by atoms with Gasteiger partial charge >= 0.3 is 5.97 Å². The summed E-state index contributed by atoms with van der Waals surface area (Å²) in [5, 5.41) is 0. The van der Waals surface area contributed by atoms with Crippen molar-refractivity contribution in [3.05, 3.63) is 28.6 Å². The van der Waals surface area contributed by atoms with Crippen LogP contribution < -0.4 is 4.80 Å². The van der Waals surface area contributed by atoms with Gasteiger partial charge in [0.15, 0.2) is 4.80 Å². The molecule has 0 aliphatic heterocycles. The van der Waals surface area contributed by atoms with Gasteiger partial charge in [-0.25, -0.2) is 4.79 Å². The van der Waals surface area contributed by atoms with E-state index >= 15 is 0 Å². The molecule has 6 heteroatoms. The Kier molecular flexibility index (Phi) is 4.90. The second-order valence-electron chi connectivity index (χ2n) is 4.60. The maximum atomic E-state index is 11.7. The zero-order valence-corrected chi connectivity index (χ0v) is 13.2. The molecule has 1 aromatic carbocycles. The molecular weight excluding hydrogens is 288 g/mol. The molecule has 2 aromatic rings. The van der Waals surface area contributed by atoms with Gasteiger partial charge in [-0.2, -0.15) is 4.99 Å². The molecule has 2 rings (SSSR count). The van der Waals surface area contributed by atoms with Crippen LogP contribution in [-0.4, -0.2) is 23.1 Å². The van der Waals surface area contributed by atoms with Crippen LogP contribution >= 0.6 is 11.3 Å². The number of esters is 1. The highest BCUT2D eigenvalue weighted by molar-refractivity contribution is 7.16. The fraction of sp³-hybridized carbons (Fsp3) is 0.400. The van der Waals surface area contributed by atoms with Crippen molar-refractivity contribution in [2.75, 3.05) is 6.61 Å². The van der Waals surface area contributed by atoms with Gasteiger partial charge in [0, 0.05) is 13.5 Å². The van der Waals surface area contributed by atoms with Gasteiger partial charge in [-0.15, -0.1) is 0 Å². The number of aromatic nitrogens is 1. The Labute approximate surface area is 126 Å². The highest BCUT2D eigenvalue weighted by Gasteiger charge is 2.10. The van der Waals surface area contributed by atoms with E-state index in [1.807, 2.05) is 24.6 Å². The van der Waals surface area contributed by atoms with Crippen LogP contribution in [0.25, 0.3) is 10.2 Å². The van der Waals surface area contributed by atoms with Crippen LogP contribution in [-0.2, 0) is 16.6 Å². The van der Waals surface area contributed by atoms with Gasteiger partial charge in [0.2, 0.25) is 5.91 Å². The molecule has 112 valence electrons. The van der Waals surface area contributed by atoms with E-state index < -0.39 is 0 Å². The van der Waals surface area contributed by atoms with E-state index in [-0.39, 0.29) is 11.9 Å². The lowest BCUT2D eigenvalue weighted by Crippen LogP contribution is -2.12. The van der Waals surface area contributed by atoms with Crippen LogP contribution in [0.5, 0.6) is 0 Å². The number of nitrogens with zero attached hydrogens (tertiary/aromatic N) is 2. The molecule has 1 heterocycles. The van der Waals surface area contributed by atoms with Crippen LogP contribution in [0.2, 0.25) is 0 Å². The van der Waals surface area contributed by atoms with Gasteiger partial charge in [-0.3, -0.25) is 4.79 Å². The maximum Gasteiger partial charge on any atom is 0.338 e. The smallest absolute Gasteiger partial charge is 0.338 e. The van der Waals surface area contributed by atoms with Crippen molar-refractivity contribution in [1.82, 2.24) is 4.57 Å². The fourth-order valence-corrected chi connectivity index (χ4v) is 3.03. The molecule has 0 atom stereocenters. The molecule has 0 saturated carbocycles. The molecular formula is C15H18N2O3S. The third-order valence-electron chi connectivity index (χ3n) is 3.00. The minimum absolute atomic E-state index is 0.120. The first-order valence-electron chi connectivity index (χ1n) is 6.91. The Hall–Kier alpha value is -1.95. The van der Waals surface area contributed by atoms with Gasteiger partial charge in [-0.05, 0) is 31.5 Å². The van der Waals surface area contributed by atoms with Crippen molar-refractivity contribution in [3.8, 4) is 0 Å². The molecule has 21 heavy (non-hydrogen) atoms. The molecule has 0 aliphatic carbocycles. The summed E-state index contributed by atoms with van der Waals surface area (Å²) in [5.41, 5.74) is 1.45. The molecule has 0 spiro atoms. The SMILES string of the molecule is CCCC(=O)N=c1sc2cc(C(=O)OCC)ccc2n1C. The third-order valence-corrected chi connectivity index (χ3v) is 4.10. The van der Waals surface area contributed by atoms with E-state index in [0.29, 0.717) is 23.4 Å². The number of amides is 1. The van der Waals surface area contributed by atoms with Crippen LogP contribution in [0.4, 0.5) is 0 Å². The highest BCUT2D eigenvalue weighted by atomic mass is 32.1. The minimum atomic E-state index is -0.337. The Morgan fingerprint density at radius 1 is 1.33 bits per heavy atom. The van der Waals surface area contributed by atoms with Crippen LogP contribution in [0.1, 0.15) is 37.0 Å². The standard InChI is InChI=1S/C15H18N2O3S/c1-4-6-13(18)16-15-17(3)11-8-7-10(9-12(11)21-15)14(19)20-5-2/h7-9H,4-6H2,1-3H3. The van der Waals surface area contributed by atoms with E-state index in [2.05, 4.69) is 4.99 Å². The summed E-state index contributed by atoms with van der Waals surface area (Å²) in [6.07, 6.45) is 1.23. The molecule has 0 aliphatic rings. The van der Waals surface area contributed by atoms with Crippen molar-refractivity contribution >= 4 is 33.4 Å². The summed E-state index contributed by atoms with van der Waals surface area (Å²) in [6, 6.07) is 5.35. The summed E-state index contributed by atoms with van der Waals surface area (Å²) in [6.45, 7) is 4.07. The van der Waals surface area contributed by atoms with E-state index in [0.717, 1.165) is 16.6 Å². The number of benzene rings is 1. The monoisotopic (exact) mass is 306 g/mol. The van der Waals surface area contributed by atoms with Crippen molar-refractivity contribution in [3.63, 3.8) is 0 Å². The third kappa shape index (κ3) is 3.39. The van der Waals surface area contributed by atoms with E-state index in [9.17, 15) is 9.59 Å². The normalized spacial score (nSPS) is 11.9. The second kappa shape index (κ2) is 6.67. The van der Waals surface area contributed by atoms with Crippen LogP contribution in [0.3, 0.4) is 0 Å². The number of carbonyl (C=O) groups excluding carboxylic acids is 2. The predicted octanol–water partition coefficient (Wildman–Crippen LogP) is 2.64. The molecule has 0 radical (unpaired) electrons. The average molecular weight is 306 g/mol. The molecule has 0 bridgehead atoms. The van der Waals surface area contributed by atoms with E-state index in [1.165, 1.54) is 11.3 Å². The zero-order valence-electron chi connectivity index (χ0n) is 12.4. The first-order chi connectivity index (χ1) is 10.1. The molecule has 0 saturated heterocycles. The average Bonchev–Trinajstić information content (AvgIpc) is 2.75. The number of carbonyl (C=O) groups is 2. The van der Waals surface area contributed by atoms with Gasteiger partial charge in [-0.1, -0.05) is 18.3 Å². The summed E-state index contributed by atoms with van der Waals surface area (Å²) in [5.74, 6) is -0.457. The number of thiazole rings is 1.